The molecule has 1 atom stereocenters. The number of aromatic amines is 1. The third kappa shape index (κ3) is 2.13. The van der Waals surface area contributed by atoms with Crippen LogP contribution in [0.4, 0.5) is 5.82 Å². The smallest absolute Gasteiger partial charge is 0.147 e. The van der Waals surface area contributed by atoms with E-state index in [0.29, 0.717) is 6.04 Å². The lowest BCUT2D eigenvalue weighted by atomic mass is 10.2. The van der Waals surface area contributed by atoms with Crippen molar-refractivity contribution in [3.05, 3.63) is 30.2 Å². The molecule has 0 unspecified atom stereocenters. The number of hydrogen-bond acceptors (Lipinski definition) is 5. The van der Waals surface area contributed by atoms with E-state index in [-0.39, 0.29) is 0 Å². The average molecular weight is 297 g/mol. The number of nitrogens with zero attached hydrogens (tertiary/aromatic N) is 6. The van der Waals surface area contributed by atoms with Gasteiger partial charge in [-0.15, -0.1) is 0 Å². The van der Waals surface area contributed by atoms with Crippen molar-refractivity contribution < 1.29 is 0 Å². The quantitative estimate of drug-likeness (QED) is 0.798. The Balaban J connectivity index is 1.66. The third-order valence-electron chi connectivity index (χ3n) is 4.33. The first kappa shape index (κ1) is 13.2. The highest BCUT2D eigenvalue weighted by Gasteiger charge is 2.28. The SMILES string of the molecule is Cc1nc(C)n(C[C@@H]2CCCN2c2ncnc3[nH]ccc23)n1. The van der Waals surface area contributed by atoms with Gasteiger partial charge in [0.15, 0.2) is 0 Å². The molecule has 22 heavy (non-hydrogen) atoms. The van der Waals surface area contributed by atoms with Crippen molar-refractivity contribution >= 4 is 16.9 Å². The van der Waals surface area contributed by atoms with Gasteiger partial charge in [0.2, 0.25) is 0 Å². The predicted octanol–water partition coefficient (Wildman–Crippen LogP) is 1.84. The molecule has 4 heterocycles. The summed E-state index contributed by atoms with van der Waals surface area (Å²) >= 11 is 0. The number of fused-ring (bicyclic) bond motifs is 1. The first-order valence-corrected chi connectivity index (χ1v) is 7.65. The van der Waals surface area contributed by atoms with Crippen molar-refractivity contribution in [3.8, 4) is 0 Å². The highest BCUT2D eigenvalue weighted by molar-refractivity contribution is 5.87. The molecule has 1 saturated heterocycles. The van der Waals surface area contributed by atoms with Crippen molar-refractivity contribution in [2.45, 2.75) is 39.3 Å². The summed E-state index contributed by atoms with van der Waals surface area (Å²) < 4.78 is 2.01. The Bertz CT molecular complexity index is 803. The van der Waals surface area contributed by atoms with Crippen LogP contribution in [0.25, 0.3) is 11.0 Å². The molecule has 1 aliphatic heterocycles. The number of aromatic nitrogens is 6. The van der Waals surface area contributed by atoms with Crippen molar-refractivity contribution in [2.75, 3.05) is 11.4 Å². The van der Waals surface area contributed by atoms with Crippen LogP contribution in [0.3, 0.4) is 0 Å². The maximum absolute atomic E-state index is 4.53. The Morgan fingerprint density at radius 2 is 2.23 bits per heavy atom. The van der Waals surface area contributed by atoms with Crippen molar-refractivity contribution in [1.82, 2.24) is 29.7 Å². The van der Waals surface area contributed by atoms with Crippen LogP contribution >= 0.6 is 0 Å². The van der Waals surface area contributed by atoms with Crippen LogP contribution in [-0.2, 0) is 6.54 Å². The molecule has 0 spiro atoms. The number of H-pyrrole nitrogens is 1. The number of nitrogens with one attached hydrogen (secondary N) is 1. The molecule has 0 saturated carbocycles. The van der Waals surface area contributed by atoms with E-state index >= 15 is 0 Å². The van der Waals surface area contributed by atoms with Crippen molar-refractivity contribution in [2.24, 2.45) is 0 Å². The van der Waals surface area contributed by atoms with Crippen molar-refractivity contribution in [3.63, 3.8) is 0 Å². The zero-order valence-corrected chi connectivity index (χ0v) is 12.8. The normalized spacial score (nSPS) is 18.5. The van der Waals surface area contributed by atoms with Crippen LogP contribution in [-0.4, -0.2) is 42.3 Å². The van der Waals surface area contributed by atoms with Gasteiger partial charge in [0.05, 0.1) is 18.0 Å². The molecule has 7 nitrogen and oxygen atoms in total. The lowest BCUT2D eigenvalue weighted by Gasteiger charge is -2.26. The summed E-state index contributed by atoms with van der Waals surface area (Å²) in [5.74, 6) is 2.82. The van der Waals surface area contributed by atoms with Gasteiger partial charge in [0.25, 0.3) is 0 Å². The topological polar surface area (TPSA) is 75.5 Å². The Morgan fingerprint density at radius 3 is 3.05 bits per heavy atom. The lowest BCUT2D eigenvalue weighted by molar-refractivity contribution is 0.495. The van der Waals surface area contributed by atoms with E-state index in [9.17, 15) is 0 Å². The van der Waals surface area contributed by atoms with Crippen LogP contribution < -0.4 is 4.90 Å². The number of rotatable bonds is 3. The Morgan fingerprint density at radius 1 is 1.32 bits per heavy atom. The minimum atomic E-state index is 0.396. The fourth-order valence-corrected chi connectivity index (χ4v) is 3.33. The van der Waals surface area contributed by atoms with E-state index < -0.39 is 0 Å². The summed E-state index contributed by atoms with van der Waals surface area (Å²) in [6, 6.07) is 2.44. The second-order valence-electron chi connectivity index (χ2n) is 5.82. The van der Waals surface area contributed by atoms with Gasteiger partial charge < -0.3 is 9.88 Å². The minimum Gasteiger partial charge on any atom is -0.351 e. The fourth-order valence-electron chi connectivity index (χ4n) is 3.33. The molecule has 0 bridgehead atoms. The molecular formula is C15H19N7. The maximum Gasteiger partial charge on any atom is 0.147 e. The van der Waals surface area contributed by atoms with Crippen LogP contribution in [0.2, 0.25) is 0 Å². The van der Waals surface area contributed by atoms with Gasteiger partial charge in [-0.05, 0) is 32.8 Å². The average Bonchev–Trinajstić information content (AvgIpc) is 3.20. The molecule has 0 radical (unpaired) electrons. The largest absolute Gasteiger partial charge is 0.351 e. The summed E-state index contributed by atoms with van der Waals surface area (Å²) in [5.41, 5.74) is 0.892. The van der Waals surface area contributed by atoms with Gasteiger partial charge in [0, 0.05) is 12.7 Å². The molecule has 7 heteroatoms. The highest BCUT2D eigenvalue weighted by atomic mass is 15.4. The van der Waals surface area contributed by atoms with Crippen LogP contribution in [0, 0.1) is 13.8 Å². The standard InChI is InChI=1S/C15H19N7/c1-10-19-11(2)22(20-10)8-12-4-3-7-21(12)15-13-5-6-16-14(13)17-9-18-15/h5-6,9,12H,3-4,7-8H2,1-2H3,(H,16,17,18)/t12-/m0/s1. The molecule has 0 aliphatic carbocycles. The van der Waals surface area contributed by atoms with Crippen molar-refractivity contribution in [1.29, 1.82) is 0 Å². The molecule has 0 aromatic carbocycles. The molecule has 1 aliphatic rings. The predicted molar refractivity (Wildman–Crippen MR) is 83.8 cm³/mol. The first-order valence-electron chi connectivity index (χ1n) is 7.65. The first-order chi connectivity index (χ1) is 10.7. The second kappa shape index (κ2) is 5.08. The number of anilines is 1. The summed E-state index contributed by atoms with van der Waals surface area (Å²) in [6.07, 6.45) is 5.87. The monoisotopic (exact) mass is 297 g/mol. The van der Waals surface area contributed by atoms with Gasteiger partial charge in [0.1, 0.15) is 29.4 Å². The van der Waals surface area contributed by atoms with E-state index in [1.807, 2.05) is 30.8 Å². The van der Waals surface area contributed by atoms with E-state index in [1.54, 1.807) is 6.33 Å². The van der Waals surface area contributed by atoms with E-state index in [2.05, 4.69) is 29.9 Å². The molecule has 3 aromatic rings. The zero-order chi connectivity index (χ0) is 15.1. The molecule has 1 fully saturated rings. The maximum atomic E-state index is 4.53. The lowest BCUT2D eigenvalue weighted by Crippen LogP contribution is -2.34. The fraction of sp³-hybridized carbons (Fsp3) is 0.467. The van der Waals surface area contributed by atoms with Gasteiger partial charge in [-0.2, -0.15) is 5.10 Å². The highest BCUT2D eigenvalue weighted by Crippen LogP contribution is 2.29. The molecular weight excluding hydrogens is 278 g/mol. The Hall–Kier alpha value is -2.44. The van der Waals surface area contributed by atoms with Gasteiger partial charge in [-0.1, -0.05) is 0 Å². The van der Waals surface area contributed by atoms with E-state index in [0.717, 1.165) is 48.0 Å². The van der Waals surface area contributed by atoms with Gasteiger partial charge >= 0.3 is 0 Å². The Kier molecular flexibility index (Phi) is 3.06. The van der Waals surface area contributed by atoms with Gasteiger partial charge in [-0.25, -0.2) is 19.6 Å². The minimum absolute atomic E-state index is 0.396. The summed E-state index contributed by atoms with van der Waals surface area (Å²) in [6.45, 7) is 5.81. The zero-order valence-electron chi connectivity index (χ0n) is 12.8. The second-order valence-corrected chi connectivity index (χ2v) is 5.82. The van der Waals surface area contributed by atoms with E-state index in [4.69, 9.17) is 0 Å². The van der Waals surface area contributed by atoms with Gasteiger partial charge in [-0.3, -0.25) is 0 Å². The molecule has 0 amide bonds. The summed E-state index contributed by atoms with van der Waals surface area (Å²) in [5, 5.41) is 5.58. The summed E-state index contributed by atoms with van der Waals surface area (Å²) in [4.78, 5) is 18.7. The van der Waals surface area contributed by atoms with Crippen LogP contribution in [0.15, 0.2) is 18.6 Å². The Labute approximate surface area is 128 Å². The van der Waals surface area contributed by atoms with E-state index in [1.165, 1.54) is 6.42 Å². The molecule has 4 rings (SSSR count). The van der Waals surface area contributed by atoms with Crippen LogP contribution in [0.5, 0.6) is 0 Å². The summed E-state index contributed by atoms with van der Waals surface area (Å²) in [7, 11) is 0. The molecule has 114 valence electrons. The number of hydrogen-bond donors (Lipinski definition) is 1. The molecule has 1 N–H and O–H groups in total. The van der Waals surface area contributed by atoms with Crippen LogP contribution in [0.1, 0.15) is 24.5 Å². The number of aryl methyl sites for hydroxylation is 2. The molecule has 3 aromatic heterocycles. The third-order valence-corrected chi connectivity index (χ3v) is 4.33.